The Bertz CT molecular complexity index is 1910. The van der Waals surface area contributed by atoms with Gasteiger partial charge in [0.2, 0.25) is 10.0 Å². The maximum absolute atomic E-state index is 15.5. The highest BCUT2D eigenvalue weighted by Gasteiger charge is 2.52. The molecule has 13 heteroatoms. The Morgan fingerprint density at radius 2 is 1.71 bits per heavy atom. The predicted octanol–water partition coefficient (Wildman–Crippen LogP) is 4.78. The highest BCUT2D eigenvalue weighted by molar-refractivity contribution is 7.92. The number of anilines is 1. The molecular weight excluding hydrogens is 601 g/mol. The fraction of sp³-hybridized carbons (Fsp3) is 0.375. The summed E-state index contributed by atoms with van der Waals surface area (Å²) in [6.07, 6.45) is 4.41. The lowest BCUT2D eigenvalue weighted by atomic mass is 9.78. The summed E-state index contributed by atoms with van der Waals surface area (Å²) in [5.74, 6) is -1.29. The van der Waals surface area contributed by atoms with Crippen LogP contribution in [-0.2, 0) is 25.9 Å². The monoisotopic (exact) mass is 636 g/mol. The second kappa shape index (κ2) is 10.9. The van der Waals surface area contributed by atoms with Gasteiger partial charge in [-0.1, -0.05) is 12.1 Å². The molecule has 236 valence electrons. The highest BCUT2D eigenvalue weighted by Crippen LogP contribution is 2.46. The van der Waals surface area contributed by atoms with Gasteiger partial charge >= 0.3 is 7.12 Å². The van der Waals surface area contributed by atoms with E-state index >= 15 is 4.39 Å². The van der Waals surface area contributed by atoms with Gasteiger partial charge in [-0.2, -0.15) is 5.10 Å². The number of hydrogen-bond acceptors (Lipinski definition) is 6. The van der Waals surface area contributed by atoms with Crippen molar-refractivity contribution in [3.05, 3.63) is 83.1 Å². The standard InChI is InChI=1S/C32H35BF2N4O5S/c1-31(2)32(3,4)44-33(43-31)24-14-7-19(15-25(24)35)17-39(45(6,41)42)27-18-38-26(16-23(27)20-8-9-20)28(30(40)36-5)29(37-38)21-10-12-22(34)13-11-21/h7,10-16,18,20H,8-9,17H2,1-6H3,(H,36,40). The van der Waals surface area contributed by atoms with Crippen LogP contribution < -0.4 is 15.1 Å². The second-order valence-electron chi connectivity index (χ2n) is 12.7. The van der Waals surface area contributed by atoms with E-state index in [-0.39, 0.29) is 23.8 Å². The van der Waals surface area contributed by atoms with Crippen LogP contribution in [0.25, 0.3) is 16.8 Å². The van der Waals surface area contributed by atoms with Gasteiger partial charge in [-0.25, -0.2) is 21.7 Å². The molecule has 3 heterocycles. The number of sulfonamides is 1. The largest absolute Gasteiger partial charge is 0.497 e. The van der Waals surface area contributed by atoms with Crippen molar-refractivity contribution in [3.63, 3.8) is 0 Å². The van der Waals surface area contributed by atoms with Crippen LogP contribution in [0.2, 0.25) is 0 Å². The van der Waals surface area contributed by atoms with Gasteiger partial charge in [0.05, 0.1) is 47.0 Å². The third-order valence-corrected chi connectivity index (χ3v) is 10.1. The van der Waals surface area contributed by atoms with Crippen molar-refractivity contribution in [1.82, 2.24) is 14.9 Å². The van der Waals surface area contributed by atoms with E-state index < -0.39 is 40.0 Å². The molecule has 0 atom stereocenters. The number of amides is 1. The Hall–Kier alpha value is -3.81. The first-order valence-electron chi connectivity index (χ1n) is 14.8. The number of nitrogens with zero attached hydrogens (tertiary/aromatic N) is 3. The number of benzene rings is 2. The van der Waals surface area contributed by atoms with E-state index in [2.05, 4.69) is 10.4 Å². The van der Waals surface area contributed by atoms with Gasteiger partial charge < -0.3 is 14.6 Å². The summed E-state index contributed by atoms with van der Waals surface area (Å²) in [7, 11) is -3.25. The fourth-order valence-corrected chi connectivity index (χ4v) is 6.45. The zero-order valence-corrected chi connectivity index (χ0v) is 26.8. The van der Waals surface area contributed by atoms with Crippen LogP contribution in [0.3, 0.4) is 0 Å². The molecular formula is C32H35BF2N4O5S. The molecule has 0 bridgehead atoms. The molecule has 2 aromatic carbocycles. The Kier molecular flexibility index (Phi) is 7.57. The molecule has 1 aliphatic heterocycles. The Balaban J connectivity index is 1.42. The normalized spacial score (nSPS) is 17.6. The van der Waals surface area contributed by atoms with Gasteiger partial charge in [-0.3, -0.25) is 9.10 Å². The van der Waals surface area contributed by atoms with Crippen LogP contribution in [0.15, 0.2) is 54.7 Å². The van der Waals surface area contributed by atoms with E-state index in [1.807, 2.05) is 27.7 Å². The molecule has 1 saturated heterocycles. The lowest BCUT2D eigenvalue weighted by molar-refractivity contribution is 0.00578. The number of nitrogens with one attached hydrogen (secondary N) is 1. The van der Waals surface area contributed by atoms with E-state index in [4.69, 9.17) is 9.31 Å². The number of rotatable bonds is 8. The second-order valence-corrected chi connectivity index (χ2v) is 14.6. The number of fused-ring (bicyclic) bond motifs is 1. The van der Waals surface area contributed by atoms with Crippen molar-refractivity contribution in [2.24, 2.45) is 0 Å². The molecule has 1 amide bonds. The third-order valence-electron chi connectivity index (χ3n) is 8.94. The molecule has 0 spiro atoms. The number of carbonyl (C=O) groups excluding carboxylic acids is 1. The first-order chi connectivity index (χ1) is 21.1. The van der Waals surface area contributed by atoms with Gasteiger partial charge in [0, 0.05) is 18.1 Å². The lowest BCUT2D eigenvalue weighted by Gasteiger charge is -2.32. The molecule has 0 unspecified atom stereocenters. The minimum absolute atomic E-state index is 0.0819. The molecule has 2 fully saturated rings. The Morgan fingerprint density at radius 1 is 1.07 bits per heavy atom. The quantitative estimate of drug-likeness (QED) is 0.280. The van der Waals surface area contributed by atoms with E-state index in [9.17, 15) is 17.6 Å². The van der Waals surface area contributed by atoms with Gasteiger partial charge in [0.25, 0.3) is 5.91 Å². The SMILES string of the molecule is CNC(=O)c1c(-c2ccc(F)cc2)nn2cc(N(Cc3ccc(B4OC(C)(C)C(C)(C)O4)c(F)c3)S(C)(=O)=O)c(C3CC3)cc12. The third kappa shape index (κ3) is 5.73. The van der Waals surface area contributed by atoms with Gasteiger partial charge in [-0.15, -0.1) is 0 Å². The average molecular weight is 637 g/mol. The van der Waals surface area contributed by atoms with E-state index in [0.29, 0.717) is 33.6 Å². The van der Waals surface area contributed by atoms with E-state index in [1.165, 1.54) is 46.2 Å². The number of pyridine rings is 1. The molecule has 1 saturated carbocycles. The van der Waals surface area contributed by atoms with Crippen molar-refractivity contribution < 1.29 is 31.3 Å². The van der Waals surface area contributed by atoms with Crippen molar-refractivity contribution in [3.8, 4) is 11.3 Å². The van der Waals surface area contributed by atoms with E-state index in [1.54, 1.807) is 24.4 Å². The van der Waals surface area contributed by atoms with Crippen LogP contribution in [0, 0.1) is 11.6 Å². The molecule has 0 radical (unpaired) electrons. The van der Waals surface area contributed by atoms with E-state index in [0.717, 1.165) is 24.7 Å². The molecule has 4 aromatic rings. The summed E-state index contributed by atoms with van der Waals surface area (Å²) in [6.45, 7) is 7.41. The minimum atomic E-state index is -3.86. The lowest BCUT2D eigenvalue weighted by Crippen LogP contribution is -2.41. The summed E-state index contributed by atoms with van der Waals surface area (Å²) in [5.41, 5.74) is 2.16. The van der Waals surface area contributed by atoms with Crippen LogP contribution >= 0.6 is 0 Å². The highest BCUT2D eigenvalue weighted by atomic mass is 32.2. The topological polar surface area (TPSA) is 102 Å². The molecule has 1 aliphatic carbocycles. The van der Waals surface area contributed by atoms with Crippen LogP contribution in [-0.4, -0.2) is 55.6 Å². The number of carbonyl (C=O) groups is 1. The molecule has 2 aromatic heterocycles. The molecule has 9 nitrogen and oxygen atoms in total. The molecule has 2 aliphatic rings. The maximum atomic E-state index is 15.5. The van der Waals surface area contributed by atoms with Crippen LogP contribution in [0.1, 0.15) is 67.9 Å². The van der Waals surface area contributed by atoms with Crippen LogP contribution in [0.5, 0.6) is 0 Å². The average Bonchev–Trinajstić information content (AvgIpc) is 3.70. The Morgan fingerprint density at radius 3 is 2.27 bits per heavy atom. The number of hydrogen-bond donors (Lipinski definition) is 1. The van der Waals surface area contributed by atoms with Crippen molar-refractivity contribution >= 4 is 39.7 Å². The Labute approximate surface area is 261 Å². The summed E-state index contributed by atoms with van der Waals surface area (Å²) >= 11 is 0. The fourth-order valence-electron chi connectivity index (χ4n) is 5.56. The first kappa shape index (κ1) is 31.2. The summed E-state index contributed by atoms with van der Waals surface area (Å²) in [5, 5.41) is 7.30. The van der Waals surface area contributed by atoms with Crippen molar-refractivity contribution in [2.75, 3.05) is 17.6 Å². The summed E-state index contributed by atoms with van der Waals surface area (Å²) in [6, 6.07) is 12.0. The molecule has 45 heavy (non-hydrogen) atoms. The van der Waals surface area contributed by atoms with Gasteiger partial charge in [0.15, 0.2) is 0 Å². The maximum Gasteiger partial charge on any atom is 0.497 e. The zero-order chi connectivity index (χ0) is 32.5. The number of aromatic nitrogens is 2. The van der Waals surface area contributed by atoms with Crippen molar-refractivity contribution in [1.29, 1.82) is 0 Å². The van der Waals surface area contributed by atoms with Gasteiger partial charge in [-0.05, 0) is 94.0 Å². The van der Waals surface area contributed by atoms with Crippen LogP contribution in [0.4, 0.5) is 14.5 Å². The number of halogens is 2. The molecule has 6 rings (SSSR count). The minimum Gasteiger partial charge on any atom is -0.399 e. The molecule has 1 N–H and O–H groups in total. The smallest absolute Gasteiger partial charge is 0.399 e. The first-order valence-corrected chi connectivity index (χ1v) is 16.6. The van der Waals surface area contributed by atoms with Gasteiger partial charge in [0.1, 0.15) is 17.3 Å². The summed E-state index contributed by atoms with van der Waals surface area (Å²) < 4.78 is 70.6. The summed E-state index contributed by atoms with van der Waals surface area (Å²) in [4.78, 5) is 13.1. The zero-order valence-electron chi connectivity index (χ0n) is 26.0. The van der Waals surface area contributed by atoms with Crippen molar-refractivity contribution in [2.45, 2.75) is 64.2 Å². The predicted molar refractivity (Wildman–Crippen MR) is 169 cm³/mol.